The van der Waals surface area contributed by atoms with Crippen LogP contribution in [0.5, 0.6) is 0 Å². The van der Waals surface area contributed by atoms with E-state index in [-0.39, 0.29) is 5.91 Å². The Morgan fingerprint density at radius 1 is 1.05 bits per heavy atom. The Morgan fingerprint density at radius 2 is 1.80 bits per heavy atom. The maximum absolute atomic E-state index is 11.9. The van der Waals surface area contributed by atoms with Crippen LogP contribution in [0.15, 0.2) is 48.5 Å². The Hall–Kier alpha value is -2.09. The van der Waals surface area contributed by atoms with Crippen LogP contribution in [0.4, 0.5) is 5.69 Å². The highest BCUT2D eigenvalue weighted by Gasteiger charge is 2.05. The van der Waals surface area contributed by atoms with Gasteiger partial charge in [0.05, 0.1) is 0 Å². The molecule has 2 aromatic carbocycles. The lowest BCUT2D eigenvalue weighted by atomic mass is 10.1. The van der Waals surface area contributed by atoms with Gasteiger partial charge in [0.25, 0.3) is 0 Å². The number of anilines is 1. The molecular formula is C18H21NO. The smallest absolute Gasteiger partial charge is 0.224 e. The molecule has 2 nitrogen and oxygen atoms in total. The molecule has 20 heavy (non-hydrogen) atoms. The maximum Gasteiger partial charge on any atom is 0.224 e. The minimum Gasteiger partial charge on any atom is -0.326 e. The van der Waals surface area contributed by atoms with Crippen molar-refractivity contribution in [3.63, 3.8) is 0 Å². The van der Waals surface area contributed by atoms with E-state index in [1.165, 1.54) is 11.1 Å². The molecule has 2 rings (SSSR count). The van der Waals surface area contributed by atoms with Crippen LogP contribution in [0.3, 0.4) is 0 Å². The van der Waals surface area contributed by atoms with E-state index in [0.29, 0.717) is 6.42 Å². The molecule has 104 valence electrons. The molecule has 0 aliphatic heterocycles. The van der Waals surface area contributed by atoms with Crippen LogP contribution in [-0.2, 0) is 11.2 Å². The molecule has 0 aromatic heterocycles. The summed E-state index contributed by atoms with van der Waals surface area (Å²) >= 11 is 0. The second-order valence-electron chi connectivity index (χ2n) is 5.21. The molecule has 1 amide bonds. The van der Waals surface area contributed by atoms with Crippen molar-refractivity contribution in [1.82, 2.24) is 0 Å². The first-order chi connectivity index (χ1) is 9.65. The van der Waals surface area contributed by atoms with Gasteiger partial charge in [0.15, 0.2) is 0 Å². The molecule has 0 unspecified atom stereocenters. The SMILES string of the molecule is Cc1ccc(NC(=O)CCCc2ccccc2)c(C)c1. The second kappa shape index (κ2) is 6.90. The number of nitrogens with one attached hydrogen (secondary N) is 1. The molecule has 0 aliphatic rings. The minimum absolute atomic E-state index is 0.0906. The molecule has 1 N–H and O–H groups in total. The first-order valence-electron chi connectivity index (χ1n) is 7.06. The van der Waals surface area contributed by atoms with Gasteiger partial charge >= 0.3 is 0 Å². The minimum atomic E-state index is 0.0906. The Bertz CT molecular complexity index is 575. The predicted octanol–water partition coefficient (Wildman–Crippen LogP) is 4.26. The molecule has 0 fully saturated rings. The van der Waals surface area contributed by atoms with Crippen molar-refractivity contribution in [3.05, 3.63) is 65.2 Å². The van der Waals surface area contributed by atoms with Gasteiger partial charge in [-0.15, -0.1) is 0 Å². The van der Waals surface area contributed by atoms with E-state index >= 15 is 0 Å². The summed E-state index contributed by atoms with van der Waals surface area (Å²) in [7, 11) is 0. The van der Waals surface area contributed by atoms with Crippen molar-refractivity contribution in [2.75, 3.05) is 5.32 Å². The molecule has 0 heterocycles. The fourth-order valence-corrected chi connectivity index (χ4v) is 2.26. The first-order valence-corrected chi connectivity index (χ1v) is 7.06. The highest BCUT2D eigenvalue weighted by Crippen LogP contribution is 2.16. The average molecular weight is 267 g/mol. The van der Waals surface area contributed by atoms with Gasteiger partial charge < -0.3 is 5.32 Å². The summed E-state index contributed by atoms with van der Waals surface area (Å²) < 4.78 is 0. The van der Waals surface area contributed by atoms with Gasteiger partial charge in [-0.3, -0.25) is 4.79 Å². The maximum atomic E-state index is 11.9. The summed E-state index contributed by atoms with van der Waals surface area (Å²) in [5, 5.41) is 2.98. The van der Waals surface area contributed by atoms with Crippen LogP contribution < -0.4 is 5.32 Å². The zero-order valence-electron chi connectivity index (χ0n) is 12.1. The predicted molar refractivity (Wildman–Crippen MR) is 83.9 cm³/mol. The Morgan fingerprint density at radius 3 is 2.50 bits per heavy atom. The van der Waals surface area contributed by atoms with Gasteiger partial charge in [0.1, 0.15) is 0 Å². The topological polar surface area (TPSA) is 29.1 Å². The molecule has 2 aromatic rings. The quantitative estimate of drug-likeness (QED) is 0.861. The van der Waals surface area contributed by atoms with Crippen LogP contribution in [0.2, 0.25) is 0 Å². The summed E-state index contributed by atoms with van der Waals surface area (Å²) in [4.78, 5) is 11.9. The van der Waals surface area contributed by atoms with Crippen molar-refractivity contribution in [2.24, 2.45) is 0 Å². The molecule has 0 saturated carbocycles. The van der Waals surface area contributed by atoms with Gasteiger partial charge in [0.2, 0.25) is 5.91 Å². The van der Waals surface area contributed by atoms with Gasteiger partial charge in [-0.05, 0) is 43.9 Å². The number of aryl methyl sites for hydroxylation is 3. The molecule has 0 aliphatic carbocycles. The van der Waals surface area contributed by atoms with E-state index in [1.54, 1.807) is 0 Å². The van der Waals surface area contributed by atoms with E-state index in [2.05, 4.69) is 30.4 Å². The zero-order valence-corrected chi connectivity index (χ0v) is 12.1. The lowest BCUT2D eigenvalue weighted by Crippen LogP contribution is -2.12. The van der Waals surface area contributed by atoms with Gasteiger partial charge in [-0.1, -0.05) is 48.0 Å². The van der Waals surface area contributed by atoms with E-state index in [4.69, 9.17) is 0 Å². The van der Waals surface area contributed by atoms with Crippen molar-refractivity contribution in [3.8, 4) is 0 Å². The highest BCUT2D eigenvalue weighted by molar-refractivity contribution is 5.91. The van der Waals surface area contributed by atoms with Gasteiger partial charge in [-0.2, -0.15) is 0 Å². The van der Waals surface area contributed by atoms with Crippen molar-refractivity contribution >= 4 is 11.6 Å². The normalized spacial score (nSPS) is 10.3. The number of hydrogen-bond acceptors (Lipinski definition) is 1. The van der Waals surface area contributed by atoms with Crippen LogP contribution in [0.1, 0.15) is 29.5 Å². The van der Waals surface area contributed by atoms with Crippen molar-refractivity contribution in [1.29, 1.82) is 0 Å². The molecule has 2 heteroatoms. The Kier molecular flexibility index (Phi) is 4.94. The van der Waals surface area contributed by atoms with E-state index in [9.17, 15) is 4.79 Å². The third-order valence-corrected chi connectivity index (χ3v) is 3.37. The molecular weight excluding hydrogens is 246 g/mol. The van der Waals surface area contributed by atoms with Crippen LogP contribution >= 0.6 is 0 Å². The van der Waals surface area contributed by atoms with Crippen LogP contribution in [-0.4, -0.2) is 5.91 Å². The first kappa shape index (κ1) is 14.3. The number of rotatable bonds is 5. The fraction of sp³-hybridized carbons (Fsp3) is 0.278. The summed E-state index contributed by atoms with van der Waals surface area (Å²) in [6.07, 6.45) is 2.38. The Balaban J connectivity index is 1.81. The van der Waals surface area contributed by atoms with Crippen molar-refractivity contribution < 1.29 is 4.79 Å². The van der Waals surface area contributed by atoms with E-state index in [1.807, 2.05) is 37.3 Å². The molecule has 0 radical (unpaired) electrons. The zero-order chi connectivity index (χ0) is 14.4. The number of carbonyl (C=O) groups excluding carboxylic acids is 1. The van der Waals surface area contributed by atoms with Gasteiger partial charge in [-0.25, -0.2) is 0 Å². The largest absolute Gasteiger partial charge is 0.326 e. The van der Waals surface area contributed by atoms with Crippen molar-refractivity contribution in [2.45, 2.75) is 33.1 Å². The second-order valence-corrected chi connectivity index (χ2v) is 5.21. The summed E-state index contributed by atoms with van der Waals surface area (Å²) in [5.41, 5.74) is 4.53. The van der Waals surface area contributed by atoms with Crippen LogP contribution in [0.25, 0.3) is 0 Å². The monoisotopic (exact) mass is 267 g/mol. The van der Waals surface area contributed by atoms with E-state index in [0.717, 1.165) is 24.1 Å². The highest BCUT2D eigenvalue weighted by atomic mass is 16.1. The molecule has 0 spiro atoms. The van der Waals surface area contributed by atoms with Crippen LogP contribution in [0, 0.1) is 13.8 Å². The number of hydrogen-bond donors (Lipinski definition) is 1. The fourth-order valence-electron chi connectivity index (χ4n) is 2.26. The Labute approximate surface area is 120 Å². The number of amides is 1. The lowest BCUT2D eigenvalue weighted by molar-refractivity contribution is -0.116. The molecule has 0 saturated heterocycles. The molecule has 0 bridgehead atoms. The average Bonchev–Trinajstić information content (AvgIpc) is 2.43. The van der Waals surface area contributed by atoms with E-state index < -0.39 is 0 Å². The number of benzene rings is 2. The summed E-state index contributed by atoms with van der Waals surface area (Å²) in [5.74, 6) is 0.0906. The number of carbonyl (C=O) groups is 1. The summed E-state index contributed by atoms with van der Waals surface area (Å²) in [6, 6.07) is 16.3. The summed E-state index contributed by atoms with van der Waals surface area (Å²) in [6.45, 7) is 4.07. The third kappa shape index (κ3) is 4.23. The molecule has 0 atom stereocenters. The lowest BCUT2D eigenvalue weighted by Gasteiger charge is -2.09. The standard InChI is InChI=1S/C18H21NO/c1-14-11-12-17(15(2)13-14)19-18(20)10-6-9-16-7-4-3-5-8-16/h3-5,7-8,11-13H,6,9-10H2,1-2H3,(H,19,20). The third-order valence-electron chi connectivity index (χ3n) is 3.37. The van der Waals surface area contributed by atoms with Gasteiger partial charge in [0, 0.05) is 12.1 Å².